The molecular weight excluding hydrogens is 498 g/mol. The van der Waals surface area contributed by atoms with Crippen LogP contribution in [0.4, 0.5) is 16.3 Å². The van der Waals surface area contributed by atoms with Crippen LogP contribution in [-0.2, 0) is 13.1 Å². The molecule has 1 aromatic carbocycles. The largest absolute Gasteiger partial charge is 0.477 e. The maximum atomic E-state index is 13.2. The van der Waals surface area contributed by atoms with Crippen LogP contribution in [0.2, 0.25) is 0 Å². The second kappa shape index (κ2) is 12.2. The summed E-state index contributed by atoms with van der Waals surface area (Å²) in [5.41, 5.74) is 2.40. The molecule has 0 saturated carbocycles. The highest BCUT2D eigenvalue weighted by Crippen LogP contribution is 2.25. The van der Waals surface area contributed by atoms with Crippen molar-refractivity contribution in [1.82, 2.24) is 24.8 Å². The standard InChI is InChI=1S/C28H31N7O4/c1-4-35-25-21(24(36)23(27(37)38)26(35)30-14-15-34(2)3)11-12-22(33-25)19-7-9-20(10-8-19)32-28(39)31-17-18-6-5-13-29-16-18/h5-13,16,30H,4,14-15,17H2,1-3H3,(H,37,38)(H2,31,32,39). The summed E-state index contributed by atoms with van der Waals surface area (Å²) in [6.07, 6.45) is 3.36. The summed E-state index contributed by atoms with van der Waals surface area (Å²) in [6.45, 7) is 3.76. The van der Waals surface area contributed by atoms with Gasteiger partial charge in [0.25, 0.3) is 0 Å². The van der Waals surface area contributed by atoms with Gasteiger partial charge in [-0.15, -0.1) is 0 Å². The monoisotopic (exact) mass is 529 g/mol. The molecule has 0 saturated heterocycles. The highest BCUT2D eigenvalue weighted by Gasteiger charge is 2.22. The minimum Gasteiger partial charge on any atom is -0.477 e. The molecule has 4 N–H and O–H groups in total. The number of likely N-dealkylation sites (N-methyl/N-ethyl adjacent to an activating group) is 1. The quantitative estimate of drug-likeness (QED) is 0.245. The van der Waals surface area contributed by atoms with E-state index in [9.17, 15) is 19.5 Å². The molecule has 0 unspecified atom stereocenters. The third-order valence-corrected chi connectivity index (χ3v) is 6.11. The lowest BCUT2D eigenvalue weighted by Gasteiger charge is -2.20. The Morgan fingerprint density at radius 3 is 2.49 bits per heavy atom. The van der Waals surface area contributed by atoms with Gasteiger partial charge in [0.2, 0.25) is 5.43 Å². The fourth-order valence-corrected chi connectivity index (χ4v) is 4.15. The van der Waals surface area contributed by atoms with E-state index in [0.29, 0.717) is 43.2 Å². The number of carboxylic acids is 1. The van der Waals surface area contributed by atoms with Gasteiger partial charge in [-0.05, 0) is 56.9 Å². The predicted octanol–water partition coefficient (Wildman–Crippen LogP) is 3.47. The van der Waals surface area contributed by atoms with E-state index in [1.807, 2.05) is 50.2 Å². The number of pyridine rings is 3. The Balaban J connectivity index is 1.60. The number of amides is 2. The van der Waals surface area contributed by atoms with Crippen LogP contribution in [0.15, 0.2) is 65.7 Å². The highest BCUT2D eigenvalue weighted by molar-refractivity contribution is 5.98. The van der Waals surface area contributed by atoms with Gasteiger partial charge in [-0.3, -0.25) is 9.78 Å². The third kappa shape index (κ3) is 6.39. The SMILES string of the molecule is CCn1c(NCCN(C)C)c(C(=O)O)c(=O)c2ccc(-c3ccc(NC(=O)NCc4cccnc4)cc3)nc21. The number of carbonyl (C=O) groups is 2. The Hall–Kier alpha value is -4.77. The lowest BCUT2D eigenvalue weighted by molar-refractivity contribution is 0.0696. The van der Waals surface area contributed by atoms with Crippen molar-refractivity contribution in [2.75, 3.05) is 37.8 Å². The molecule has 3 heterocycles. The van der Waals surface area contributed by atoms with Gasteiger partial charge in [-0.1, -0.05) is 18.2 Å². The summed E-state index contributed by atoms with van der Waals surface area (Å²) < 4.78 is 1.72. The smallest absolute Gasteiger partial charge is 0.343 e. The van der Waals surface area contributed by atoms with Crippen molar-refractivity contribution in [2.45, 2.75) is 20.0 Å². The van der Waals surface area contributed by atoms with Crippen molar-refractivity contribution in [3.63, 3.8) is 0 Å². The molecule has 0 aliphatic heterocycles. The number of carbonyl (C=O) groups excluding carboxylic acids is 1. The zero-order chi connectivity index (χ0) is 27.9. The summed E-state index contributed by atoms with van der Waals surface area (Å²) in [7, 11) is 3.83. The lowest BCUT2D eigenvalue weighted by atomic mass is 10.1. The van der Waals surface area contributed by atoms with Crippen LogP contribution in [0.1, 0.15) is 22.8 Å². The topological polar surface area (TPSA) is 141 Å². The Bertz CT molecular complexity index is 1530. The molecule has 202 valence electrons. The van der Waals surface area contributed by atoms with Crippen molar-refractivity contribution < 1.29 is 14.7 Å². The fourth-order valence-electron chi connectivity index (χ4n) is 4.15. The average Bonchev–Trinajstić information content (AvgIpc) is 2.92. The van der Waals surface area contributed by atoms with E-state index >= 15 is 0 Å². The minimum atomic E-state index is -1.28. The van der Waals surface area contributed by atoms with Crippen LogP contribution in [0, 0.1) is 0 Å². The third-order valence-electron chi connectivity index (χ3n) is 6.11. The molecule has 11 nitrogen and oxygen atoms in total. The Morgan fingerprint density at radius 1 is 1.08 bits per heavy atom. The average molecular weight is 530 g/mol. The van der Waals surface area contributed by atoms with Crippen LogP contribution in [0.25, 0.3) is 22.3 Å². The number of urea groups is 1. The molecule has 0 aliphatic rings. The number of hydrogen-bond donors (Lipinski definition) is 4. The number of anilines is 2. The van der Waals surface area contributed by atoms with Crippen molar-refractivity contribution in [1.29, 1.82) is 0 Å². The Morgan fingerprint density at radius 2 is 1.85 bits per heavy atom. The molecule has 2 amide bonds. The van der Waals surface area contributed by atoms with Crippen molar-refractivity contribution in [3.8, 4) is 11.3 Å². The molecule has 11 heteroatoms. The molecule has 0 radical (unpaired) electrons. The van der Waals surface area contributed by atoms with Gasteiger partial charge in [0, 0.05) is 49.8 Å². The van der Waals surface area contributed by atoms with Gasteiger partial charge in [0.05, 0.1) is 11.1 Å². The molecule has 0 bridgehead atoms. The first-order chi connectivity index (χ1) is 18.8. The van der Waals surface area contributed by atoms with Gasteiger partial charge in [0.15, 0.2) is 0 Å². The lowest BCUT2D eigenvalue weighted by Crippen LogP contribution is -2.28. The second-order valence-electron chi connectivity index (χ2n) is 9.15. The maximum absolute atomic E-state index is 13.2. The van der Waals surface area contributed by atoms with E-state index in [1.165, 1.54) is 0 Å². The first-order valence-corrected chi connectivity index (χ1v) is 12.5. The predicted molar refractivity (Wildman–Crippen MR) is 151 cm³/mol. The van der Waals surface area contributed by atoms with Gasteiger partial charge in [-0.2, -0.15) is 0 Å². The van der Waals surface area contributed by atoms with Crippen LogP contribution in [-0.4, -0.2) is 63.7 Å². The second-order valence-corrected chi connectivity index (χ2v) is 9.15. The zero-order valence-corrected chi connectivity index (χ0v) is 22.1. The molecule has 39 heavy (non-hydrogen) atoms. The van der Waals surface area contributed by atoms with E-state index < -0.39 is 11.4 Å². The van der Waals surface area contributed by atoms with Crippen LogP contribution >= 0.6 is 0 Å². The molecule has 4 rings (SSSR count). The fraction of sp³-hybridized carbons (Fsp3) is 0.250. The molecule has 3 aromatic heterocycles. The van der Waals surface area contributed by atoms with E-state index in [2.05, 4.69) is 20.9 Å². The number of aromatic carboxylic acids is 1. The van der Waals surface area contributed by atoms with Gasteiger partial charge in [-0.25, -0.2) is 14.6 Å². The summed E-state index contributed by atoms with van der Waals surface area (Å²) in [5, 5.41) is 18.8. The number of aromatic nitrogens is 3. The number of carboxylic acid groups (broad SMARTS) is 1. The zero-order valence-electron chi connectivity index (χ0n) is 22.1. The van der Waals surface area contributed by atoms with Crippen molar-refractivity contribution in [2.24, 2.45) is 0 Å². The van der Waals surface area contributed by atoms with Gasteiger partial charge in [0.1, 0.15) is 17.0 Å². The number of nitrogens with one attached hydrogen (secondary N) is 3. The summed E-state index contributed by atoms with van der Waals surface area (Å²) in [6, 6.07) is 13.8. The molecular formula is C28H31N7O4. The number of rotatable bonds is 10. The van der Waals surface area contributed by atoms with Crippen molar-refractivity contribution in [3.05, 3.63) is 82.3 Å². The molecule has 0 atom stereocenters. The number of nitrogens with zero attached hydrogens (tertiary/aromatic N) is 4. The minimum absolute atomic E-state index is 0.236. The molecule has 0 spiro atoms. The van der Waals surface area contributed by atoms with E-state index in [4.69, 9.17) is 4.98 Å². The van der Waals surface area contributed by atoms with Gasteiger partial charge < -0.3 is 30.5 Å². The maximum Gasteiger partial charge on any atom is 0.343 e. The summed E-state index contributed by atoms with van der Waals surface area (Å²) in [4.78, 5) is 48.2. The van der Waals surface area contributed by atoms with E-state index in [-0.39, 0.29) is 22.8 Å². The summed E-state index contributed by atoms with van der Waals surface area (Å²) >= 11 is 0. The Labute approximate surface area is 225 Å². The highest BCUT2D eigenvalue weighted by atomic mass is 16.4. The number of benzene rings is 1. The van der Waals surface area contributed by atoms with Gasteiger partial charge >= 0.3 is 12.0 Å². The van der Waals surface area contributed by atoms with Crippen molar-refractivity contribution >= 4 is 34.5 Å². The molecule has 0 fully saturated rings. The first kappa shape index (κ1) is 27.3. The van der Waals surface area contributed by atoms with Crippen LogP contribution in [0.5, 0.6) is 0 Å². The Kier molecular flexibility index (Phi) is 8.52. The van der Waals surface area contributed by atoms with E-state index in [0.717, 1.165) is 11.1 Å². The number of hydrogen-bond acceptors (Lipinski definition) is 7. The molecule has 0 aliphatic carbocycles. The number of fused-ring (bicyclic) bond motifs is 1. The first-order valence-electron chi connectivity index (χ1n) is 12.5. The van der Waals surface area contributed by atoms with Crippen LogP contribution in [0.3, 0.4) is 0 Å². The van der Waals surface area contributed by atoms with E-state index in [1.54, 1.807) is 41.2 Å². The van der Waals surface area contributed by atoms with Crippen LogP contribution < -0.4 is 21.4 Å². The normalized spacial score (nSPS) is 11.0. The molecule has 4 aromatic rings. The number of aryl methyl sites for hydroxylation is 1. The summed E-state index contributed by atoms with van der Waals surface area (Å²) in [5.74, 6) is -1.04.